The summed E-state index contributed by atoms with van der Waals surface area (Å²) in [6.45, 7) is 4.38. The molecule has 2 heterocycles. The lowest BCUT2D eigenvalue weighted by Gasteiger charge is -2.30. The van der Waals surface area contributed by atoms with Crippen molar-refractivity contribution in [3.05, 3.63) is 52.7 Å². The molecule has 106 valence electrons. The van der Waals surface area contributed by atoms with E-state index in [1.54, 1.807) is 12.1 Å². The van der Waals surface area contributed by atoms with Gasteiger partial charge in [-0.2, -0.15) is 0 Å². The predicted octanol–water partition coefficient (Wildman–Crippen LogP) is 5.16. The number of halogens is 1. The van der Waals surface area contributed by atoms with E-state index in [9.17, 15) is 4.39 Å². The highest BCUT2D eigenvalue weighted by molar-refractivity contribution is 8.01. The fraction of sp³-hybridized carbons (Fsp3) is 0.375. The number of thiophene rings is 1. The molecule has 1 N–H and O–H groups in total. The van der Waals surface area contributed by atoms with Crippen LogP contribution in [0.2, 0.25) is 0 Å². The summed E-state index contributed by atoms with van der Waals surface area (Å²) in [5, 5.41) is 6.45. The molecule has 0 fully saturated rings. The number of hydrogen-bond acceptors (Lipinski definition) is 3. The highest BCUT2D eigenvalue weighted by atomic mass is 32.2. The fourth-order valence-corrected chi connectivity index (χ4v) is 5.25. The topological polar surface area (TPSA) is 12.0 Å². The van der Waals surface area contributed by atoms with Crippen molar-refractivity contribution in [1.29, 1.82) is 0 Å². The highest BCUT2D eigenvalue weighted by Gasteiger charge is 2.27. The summed E-state index contributed by atoms with van der Waals surface area (Å²) >= 11 is 3.79. The molecule has 0 bridgehead atoms. The molecule has 0 radical (unpaired) electrons. The lowest BCUT2D eigenvalue weighted by Crippen LogP contribution is -2.28. The largest absolute Gasteiger partial charge is 0.303 e. The number of thioether (sulfide) groups is 1. The maximum atomic E-state index is 13.3. The standard InChI is InChI=1S/C16H18FNS2/c1-10-8-15(14-6-7-19-16(14)20-10)18-11(2)12-4-3-5-13(17)9-12/h3-7,9-11,15,18H,8H2,1-2H3/t10-,11?,15?/m0/s1. The van der Waals surface area contributed by atoms with Gasteiger partial charge in [0.2, 0.25) is 0 Å². The molecule has 20 heavy (non-hydrogen) atoms. The number of nitrogens with one attached hydrogen (secondary N) is 1. The third-order valence-corrected chi connectivity index (χ3v) is 6.05. The minimum Gasteiger partial charge on any atom is -0.303 e. The molecule has 2 aromatic rings. The summed E-state index contributed by atoms with van der Waals surface area (Å²) in [6.07, 6.45) is 1.12. The highest BCUT2D eigenvalue weighted by Crippen LogP contribution is 2.44. The molecule has 0 saturated heterocycles. The Morgan fingerprint density at radius 2 is 2.20 bits per heavy atom. The van der Waals surface area contributed by atoms with E-state index in [1.165, 1.54) is 15.8 Å². The van der Waals surface area contributed by atoms with Gasteiger partial charge in [0, 0.05) is 17.3 Å². The van der Waals surface area contributed by atoms with Gasteiger partial charge in [-0.15, -0.1) is 23.1 Å². The summed E-state index contributed by atoms with van der Waals surface area (Å²) in [7, 11) is 0. The van der Waals surface area contributed by atoms with Crippen molar-refractivity contribution in [2.24, 2.45) is 0 Å². The Labute approximate surface area is 127 Å². The quantitative estimate of drug-likeness (QED) is 0.840. The van der Waals surface area contributed by atoms with Gasteiger partial charge in [0.15, 0.2) is 0 Å². The number of benzene rings is 1. The van der Waals surface area contributed by atoms with Crippen LogP contribution in [0.3, 0.4) is 0 Å². The van der Waals surface area contributed by atoms with Gasteiger partial charge in [0.25, 0.3) is 0 Å². The maximum absolute atomic E-state index is 13.3. The van der Waals surface area contributed by atoms with Crippen LogP contribution >= 0.6 is 23.1 Å². The molecule has 1 nitrogen and oxygen atoms in total. The van der Waals surface area contributed by atoms with E-state index in [0.29, 0.717) is 11.3 Å². The first-order valence-corrected chi connectivity index (χ1v) is 8.65. The minimum atomic E-state index is -0.167. The van der Waals surface area contributed by atoms with Gasteiger partial charge < -0.3 is 5.32 Å². The molecule has 0 spiro atoms. The van der Waals surface area contributed by atoms with Gasteiger partial charge in [-0.1, -0.05) is 19.1 Å². The second-order valence-electron chi connectivity index (χ2n) is 5.32. The predicted molar refractivity (Wildman–Crippen MR) is 84.9 cm³/mol. The van der Waals surface area contributed by atoms with Crippen molar-refractivity contribution in [3.8, 4) is 0 Å². The molecule has 1 aromatic carbocycles. The van der Waals surface area contributed by atoms with Gasteiger partial charge in [-0.25, -0.2) is 4.39 Å². The van der Waals surface area contributed by atoms with E-state index < -0.39 is 0 Å². The third-order valence-electron chi connectivity index (χ3n) is 3.71. The zero-order valence-corrected chi connectivity index (χ0v) is 13.2. The molecule has 0 aliphatic carbocycles. The summed E-state index contributed by atoms with van der Waals surface area (Å²) in [4.78, 5) is 0. The Balaban J connectivity index is 1.78. The smallest absolute Gasteiger partial charge is 0.123 e. The van der Waals surface area contributed by atoms with Crippen LogP contribution in [-0.2, 0) is 0 Å². The summed E-state index contributed by atoms with van der Waals surface area (Å²) in [5.74, 6) is -0.167. The Hall–Kier alpha value is -0.840. The molecule has 1 aliphatic heterocycles. The van der Waals surface area contributed by atoms with E-state index in [1.807, 2.05) is 29.2 Å². The summed E-state index contributed by atoms with van der Waals surface area (Å²) in [5.41, 5.74) is 2.41. The zero-order chi connectivity index (χ0) is 14.1. The average molecular weight is 307 g/mol. The van der Waals surface area contributed by atoms with E-state index in [0.717, 1.165) is 12.0 Å². The molecule has 1 aromatic heterocycles. The van der Waals surface area contributed by atoms with Crippen molar-refractivity contribution >= 4 is 23.1 Å². The second kappa shape index (κ2) is 5.88. The molecule has 0 amide bonds. The molecule has 1 aliphatic rings. The van der Waals surface area contributed by atoms with E-state index in [4.69, 9.17) is 0 Å². The number of hydrogen-bond donors (Lipinski definition) is 1. The van der Waals surface area contributed by atoms with Crippen LogP contribution in [0.15, 0.2) is 39.9 Å². The van der Waals surface area contributed by atoms with Crippen LogP contribution in [0.1, 0.15) is 43.5 Å². The van der Waals surface area contributed by atoms with Gasteiger partial charge in [0.1, 0.15) is 5.82 Å². The summed E-state index contributed by atoms with van der Waals surface area (Å²) in [6, 6.07) is 9.60. The third kappa shape index (κ3) is 2.92. The van der Waals surface area contributed by atoms with Crippen molar-refractivity contribution in [1.82, 2.24) is 5.32 Å². The van der Waals surface area contributed by atoms with Crippen molar-refractivity contribution in [3.63, 3.8) is 0 Å². The Morgan fingerprint density at radius 1 is 1.35 bits per heavy atom. The molecular formula is C16H18FNS2. The first-order valence-electron chi connectivity index (χ1n) is 6.89. The monoisotopic (exact) mass is 307 g/mol. The lowest BCUT2D eigenvalue weighted by atomic mass is 10.0. The molecule has 3 rings (SSSR count). The molecule has 2 unspecified atom stereocenters. The number of rotatable bonds is 3. The van der Waals surface area contributed by atoms with E-state index in [-0.39, 0.29) is 11.9 Å². The van der Waals surface area contributed by atoms with Crippen LogP contribution in [0.5, 0.6) is 0 Å². The summed E-state index contributed by atoms with van der Waals surface area (Å²) < 4.78 is 14.8. The van der Waals surface area contributed by atoms with Crippen molar-refractivity contribution in [2.45, 2.75) is 41.8 Å². The van der Waals surface area contributed by atoms with Gasteiger partial charge >= 0.3 is 0 Å². The maximum Gasteiger partial charge on any atom is 0.123 e. The minimum absolute atomic E-state index is 0.152. The SMILES string of the molecule is CC(NC1C[C@H](C)Sc2sccc21)c1cccc(F)c1. The fourth-order valence-electron chi connectivity index (χ4n) is 2.68. The van der Waals surface area contributed by atoms with Crippen LogP contribution in [0.25, 0.3) is 0 Å². The molecule has 0 saturated carbocycles. The van der Waals surface area contributed by atoms with Gasteiger partial charge in [-0.05, 0) is 48.1 Å². The first kappa shape index (κ1) is 14.1. The second-order valence-corrected chi connectivity index (χ2v) is 7.95. The van der Waals surface area contributed by atoms with Crippen LogP contribution in [-0.4, -0.2) is 5.25 Å². The van der Waals surface area contributed by atoms with Crippen LogP contribution in [0, 0.1) is 5.82 Å². The van der Waals surface area contributed by atoms with E-state index >= 15 is 0 Å². The van der Waals surface area contributed by atoms with Crippen LogP contribution < -0.4 is 5.32 Å². The van der Waals surface area contributed by atoms with Crippen LogP contribution in [0.4, 0.5) is 4.39 Å². The molecule has 3 atom stereocenters. The van der Waals surface area contributed by atoms with Gasteiger partial charge in [-0.3, -0.25) is 0 Å². The van der Waals surface area contributed by atoms with Gasteiger partial charge in [0.05, 0.1) is 4.21 Å². The Bertz CT molecular complexity index is 596. The van der Waals surface area contributed by atoms with Crippen molar-refractivity contribution < 1.29 is 4.39 Å². The molecule has 4 heteroatoms. The Kier molecular flexibility index (Phi) is 4.15. The first-order chi connectivity index (χ1) is 9.63. The number of fused-ring (bicyclic) bond motifs is 1. The molecular weight excluding hydrogens is 289 g/mol. The Morgan fingerprint density at radius 3 is 3.00 bits per heavy atom. The zero-order valence-electron chi connectivity index (χ0n) is 11.6. The lowest BCUT2D eigenvalue weighted by molar-refractivity contribution is 0.434. The average Bonchev–Trinajstić information content (AvgIpc) is 2.86. The van der Waals surface area contributed by atoms with E-state index in [2.05, 4.69) is 30.6 Å². The normalized spacial score (nSPS) is 23.4. The van der Waals surface area contributed by atoms with Crippen molar-refractivity contribution in [2.75, 3.05) is 0 Å².